The lowest BCUT2D eigenvalue weighted by Crippen LogP contribution is -2.42. The van der Waals surface area contributed by atoms with Crippen LogP contribution in [0.3, 0.4) is 0 Å². The van der Waals surface area contributed by atoms with E-state index in [1.807, 2.05) is 0 Å². The average Bonchev–Trinajstić information content (AvgIpc) is 2.38. The summed E-state index contributed by atoms with van der Waals surface area (Å²) in [5.74, 6) is 0. The third-order valence-corrected chi connectivity index (χ3v) is 4.55. The van der Waals surface area contributed by atoms with Gasteiger partial charge in [0.2, 0.25) is 0 Å². The molecule has 0 aromatic heterocycles. The predicted molar refractivity (Wildman–Crippen MR) is 81.0 cm³/mol. The van der Waals surface area contributed by atoms with Gasteiger partial charge in [-0.2, -0.15) is 0 Å². The maximum atomic E-state index is 5.68. The molecule has 0 amide bonds. The maximum absolute atomic E-state index is 5.68. The molecule has 4 heteroatoms. The third kappa shape index (κ3) is 3.05. The van der Waals surface area contributed by atoms with Crippen molar-refractivity contribution < 1.29 is 0 Å². The second-order valence-electron chi connectivity index (χ2n) is 5.16. The Bertz CT molecular complexity index is 398. The van der Waals surface area contributed by atoms with Crippen LogP contribution in [0, 0.1) is 0 Å². The summed E-state index contributed by atoms with van der Waals surface area (Å²) >= 11 is 3.59. The Hall–Kier alpha value is -0.580. The average molecular weight is 312 g/mol. The fourth-order valence-electron chi connectivity index (χ4n) is 2.54. The van der Waals surface area contributed by atoms with Crippen LogP contribution >= 0.6 is 15.9 Å². The van der Waals surface area contributed by atoms with E-state index in [-0.39, 0.29) is 0 Å². The van der Waals surface area contributed by atoms with Crippen LogP contribution in [0.1, 0.15) is 18.4 Å². The first-order valence-electron chi connectivity index (χ1n) is 6.51. The first-order valence-corrected chi connectivity index (χ1v) is 7.31. The van der Waals surface area contributed by atoms with Gasteiger partial charge in [-0.05, 0) is 44.6 Å². The molecule has 18 heavy (non-hydrogen) atoms. The Morgan fingerprint density at radius 1 is 1.33 bits per heavy atom. The van der Waals surface area contributed by atoms with Gasteiger partial charge in [0, 0.05) is 35.8 Å². The number of benzene rings is 1. The molecular formula is C14H22BrN3. The highest BCUT2D eigenvalue weighted by molar-refractivity contribution is 9.10. The molecule has 0 aliphatic carbocycles. The van der Waals surface area contributed by atoms with Crippen molar-refractivity contribution in [1.29, 1.82) is 0 Å². The van der Waals surface area contributed by atoms with Crippen molar-refractivity contribution in [2.45, 2.75) is 25.4 Å². The maximum Gasteiger partial charge on any atom is 0.0377 e. The number of nitrogens with two attached hydrogens (primary N) is 1. The minimum Gasteiger partial charge on any atom is -0.371 e. The number of halogens is 1. The molecule has 1 aromatic rings. The number of nitrogens with zero attached hydrogens (tertiary/aromatic N) is 2. The Kier molecular flexibility index (Phi) is 4.65. The molecular weight excluding hydrogens is 290 g/mol. The molecule has 0 bridgehead atoms. The zero-order valence-corrected chi connectivity index (χ0v) is 12.8. The first-order chi connectivity index (χ1) is 8.61. The van der Waals surface area contributed by atoms with E-state index in [0.29, 0.717) is 6.54 Å². The molecule has 0 spiro atoms. The Balaban J connectivity index is 2.03. The minimum absolute atomic E-state index is 0.587. The molecule has 0 unspecified atom stereocenters. The molecule has 1 aromatic carbocycles. The van der Waals surface area contributed by atoms with Crippen molar-refractivity contribution in [1.82, 2.24) is 4.90 Å². The summed E-state index contributed by atoms with van der Waals surface area (Å²) in [7, 11) is 4.35. The van der Waals surface area contributed by atoms with E-state index in [9.17, 15) is 0 Å². The SMILES string of the molecule is CN(C)C1CCN(c2ccc(CN)c(Br)c2)CC1. The second-order valence-corrected chi connectivity index (χ2v) is 6.02. The van der Waals surface area contributed by atoms with Gasteiger partial charge in [0.25, 0.3) is 0 Å². The van der Waals surface area contributed by atoms with Crippen LogP contribution in [0.25, 0.3) is 0 Å². The van der Waals surface area contributed by atoms with Crippen LogP contribution in [-0.4, -0.2) is 38.1 Å². The molecule has 1 aliphatic heterocycles. The van der Waals surface area contributed by atoms with Crippen molar-refractivity contribution in [3.63, 3.8) is 0 Å². The lowest BCUT2D eigenvalue weighted by Gasteiger charge is -2.36. The van der Waals surface area contributed by atoms with Gasteiger partial charge in [-0.25, -0.2) is 0 Å². The standard InChI is InChI=1S/C14H22BrN3/c1-17(2)12-5-7-18(8-6-12)13-4-3-11(10-16)14(15)9-13/h3-4,9,12H,5-8,10,16H2,1-2H3. The number of piperidine rings is 1. The molecule has 2 rings (SSSR count). The lowest BCUT2D eigenvalue weighted by molar-refractivity contribution is 0.249. The molecule has 3 nitrogen and oxygen atoms in total. The molecule has 1 aliphatic rings. The van der Waals surface area contributed by atoms with E-state index in [1.165, 1.54) is 24.1 Å². The summed E-state index contributed by atoms with van der Waals surface area (Å²) in [5, 5.41) is 0. The van der Waals surface area contributed by atoms with Crippen LogP contribution in [0.4, 0.5) is 5.69 Å². The number of hydrogen-bond donors (Lipinski definition) is 1. The molecule has 2 N–H and O–H groups in total. The van der Waals surface area contributed by atoms with E-state index < -0.39 is 0 Å². The predicted octanol–water partition coefficient (Wildman–Crippen LogP) is 2.44. The molecule has 0 radical (unpaired) electrons. The summed E-state index contributed by atoms with van der Waals surface area (Å²) < 4.78 is 1.12. The quantitative estimate of drug-likeness (QED) is 0.930. The number of anilines is 1. The number of hydrogen-bond acceptors (Lipinski definition) is 3. The van der Waals surface area contributed by atoms with Gasteiger partial charge in [0.15, 0.2) is 0 Å². The van der Waals surface area contributed by atoms with Crippen molar-refractivity contribution in [2.24, 2.45) is 5.73 Å². The topological polar surface area (TPSA) is 32.5 Å². The fraction of sp³-hybridized carbons (Fsp3) is 0.571. The van der Waals surface area contributed by atoms with Gasteiger partial charge >= 0.3 is 0 Å². The highest BCUT2D eigenvalue weighted by Gasteiger charge is 2.20. The van der Waals surface area contributed by atoms with Crippen molar-refractivity contribution in [3.8, 4) is 0 Å². The van der Waals surface area contributed by atoms with Crippen LogP contribution in [-0.2, 0) is 6.54 Å². The highest BCUT2D eigenvalue weighted by Crippen LogP contribution is 2.26. The van der Waals surface area contributed by atoms with Gasteiger partial charge < -0.3 is 15.5 Å². The molecule has 1 heterocycles. The van der Waals surface area contributed by atoms with Gasteiger partial charge in [0.05, 0.1) is 0 Å². The highest BCUT2D eigenvalue weighted by atomic mass is 79.9. The van der Waals surface area contributed by atoms with Gasteiger partial charge in [-0.1, -0.05) is 22.0 Å². The van der Waals surface area contributed by atoms with Crippen LogP contribution in [0.2, 0.25) is 0 Å². The molecule has 0 saturated carbocycles. The fourth-order valence-corrected chi connectivity index (χ4v) is 3.07. The molecule has 0 atom stereocenters. The molecule has 100 valence electrons. The Morgan fingerprint density at radius 2 is 2.00 bits per heavy atom. The zero-order chi connectivity index (χ0) is 13.1. The van der Waals surface area contributed by atoms with Crippen molar-refractivity contribution in [2.75, 3.05) is 32.1 Å². The van der Waals surface area contributed by atoms with E-state index in [4.69, 9.17) is 5.73 Å². The first kappa shape index (κ1) is 13.8. The van der Waals surface area contributed by atoms with E-state index >= 15 is 0 Å². The largest absolute Gasteiger partial charge is 0.371 e. The molecule has 1 fully saturated rings. The van der Waals surface area contributed by atoms with Gasteiger partial charge in [0.1, 0.15) is 0 Å². The van der Waals surface area contributed by atoms with E-state index in [1.54, 1.807) is 0 Å². The van der Waals surface area contributed by atoms with Gasteiger partial charge in [-0.15, -0.1) is 0 Å². The monoisotopic (exact) mass is 311 g/mol. The lowest BCUT2D eigenvalue weighted by atomic mass is 10.0. The van der Waals surface area contributed by atoms with E-state index in [2.05, 4.69) is 58.0 Å². The normalized spacial score (nSPS) is 17.5. The van der Waals surface area contributed by atoms with Crippen LogP contribution in [0.15, 0.2) is 22.7 Å². The summed E-state index contributed by atoms with van der Waals surface area (Å²) in [5.41, 5.74) is 8.15. The van der Waals surface area contributed by atoms with Crippen molar-refractivity contribution in [3.05, 3.63) is 28.2 Å². The Labute approximate surface area is 118 Å². The van der Waals surface area contributed by atoms with Gasteiger partial charge in [-0.3, -0.25) is 0 Å². The number of rotatable bonds is 3. The second kappa shape index (κ2) is 6.04. The van der Waals surface area contributed by atoms with Crippen LogP contribution < -0.4 is 10.6 Å². The summed E-state index contributed by atoms with van der Waals surface area (Å²) in [6, 6.07) is 7.23. The molecule has 1 saturated heterocycles. The minimum atomic E-state index is 0.587. The summed E-state index contributed by atoms with van der Waals surface area (Å²) in [6.07, 6.45) is 2.48. The Morgan fingerprint density at radius 3 is 2.50 bits per heavy atom. The zero-order valence-electron chi connectivity index (χ0n) is 11.2. The summed E-state index contributed by atoms with van der Waals surface area (Å²) in [4.78, 5) is 4.80. The van der Waals surface area contributed by atoms with Crippen LogP contribution in [0.5, 0.6) is 0 Å². The van der Waals surface area contributed by atoms with E-state index in [0.717, 1.165) is 23.6 Å². The summed E-state index contributed by atoms with van der Waals surface area (Å²) in [6.45, 7) is 2.86. The van der Waals surface area contributed by atoms with Crippen molar-refractivity contribution >= 4 is 21.6 Å². The smallest absolute Gasteiger partial charge is 0.0377 e. The third-order valence-electron chi connectivity index (χ3n) is 3.82.